The van der Waals surface area contributed by atoms with E-state index < -0.39 is 0 Å². The molecule has 8 heteroatoms. The topological polar surface area (TPSA) is 76.0 Å². The highest BCUT2D eigenvalue weighted by molar-refractivity contribution is 8.00. The summed E-state index contributed by atoms with van der Waals surface area (Å²) in [6.07, 6.45) is 4.02. The second kappa shape index (κ2) is 9.31. The van der Waals surface area contributed by atoms with Gasteiger partial charge in [-0.15, -0.1) is 0 Å². The van der Waals surface area contributed by atoms with Gasteiger partial charge in [0.2, 0.25) is 11.8 Å². The zero-order chi connectivity index (χ0) is 18.2. The van der Waals surface area contributed by atoms with Crippen LogP contribution >= 0.6 is 11.8 Å². The number of rotatable bonds is 9. The highest BCUT2D eigenvalue weighted by Gasteiger charge is 2.37. The lowest BCUT2D eigenvalue weighted by atomic mass is 10.2. The van der Waals surface area contributed by atoms with E-state index in [-0.39, 0.29) is 54.7 Å². The van der Waals surface area contributed by atoms with Crippen molar-refractivity contribution in [3.05, 3.63) is 35.6 Å². The molecule has 0 N–H and O–H groups in total. The standard InChI is InChI=1S/C17H19FN2O4S/c1-25-15-9-16(22)20(17(15)23)8-2-3-14(21)11-24-19-10-12-4-6-13(18)7-5-12/h4-7,10,15H,2-3,8-9,11H2,1H3/b19-10+. The number of hydrogen-bond donors (Lipinski definition) is 0. The molecule has 1 aromatic rings. The van der Waals surface area contributed by atoms with Crippen LogP contribution in [0.25, 0.3) is 0 Å². The summed E-state index contributed by atoms with van der Waals surface area (Å²) < 4.78 is 12.7. The van der Waals surface area contributed by atoms with Gasteiger partial charge in [0.25, 0.3) is 0 Å². The minimum Gasteiger partial charge on any atom is -0.388 e. The monoisotopic (exact) mass is 366 g/mol. The fourth-order valence-electron chi connectivity index (χ4n) is 2.33. The minimum atomic E-state index is -0.341. The van der Waals surface area contributed by atoms with Crippen LogP contribution in [0.1, 0.15) is 24.8 Å². The number of likely N-dealkylation sites (tertiary alicyclic amines) is 1. The first kappa shape index (κ1) is 19.1. The van der Waals surface area contributed by atoms with Crippen LogP contribution in [0.15, 0.2) is 29.4 Å². The number of benzene rings is 1. The van der Waals surface area contributed by atoms with Crippen LogP contribution in [-0.4, -0.2) is 53.4 Å². The third-order valence-electron chi connectivity index (χ3n) is 3.70. The Morgan fingerprint density at radius 2 is 2.12 bits per heavy atom. The van der Waals surface area contributed by atoms with E-state index in [9.17, 15) is 18.8 Å². The van der Waals surface area contributed by atoms with Gasteiger partial charge in [-0.1, -0.05) is 17.3 Å². The molecule has 0 aromatic heterocycles. The molecule has 1 aromatic carbocycles. The van der Waals surface area contributed by atoms with Gasteiger partial charge in [0.15, 0.2) is 12.4 Å². The van der Waals surface area contributed by atoms with Gasteiger partial charge < -0.3 is 4.84 Å². The molecule has 0 spiro atoms. The molecule has 2 amide bonds. The Hall–Kier alpha value is -2.22. The lowest BCUT2D eigenvalue weighted by Crippen LogP contribution is -2.32. The van der Waals surface area contributed by atoms with Crippen LogP contribution < -0.4 is 0 Å². The van der Waals surface area contributed by atoms with Crippen LogP contribution in [-0.2, 0) is 19.2 Å². The van der Waals surface area contributed by atoms with E-state index >= 15 is 0 Å². The second-order valence-corrected chi connectivity index (χ2v) is 6.55. The van der Waals surface area contributed by atoms with E-state index in [4.69, 9.17) is 4.84 Å². The molecule has 1 heterocycles. The molecule has 0 aliphatic carbocycles. The summed E-state index contributed by atoms with van der Waals surface area (Å²) in [4.78, 5) is 41.5. The smallest absolute Gasteiger partial charge is 0.242 e. The summed E-state index contributed by atoms with van der Waals surface area (Å²) in [6, 6.07) is 5.68. The lowest BCUT2D eigenvalue weighted by Gasteiger charge is -2.13. The first-order valence-electron chi connectivity index (χ1n) is 7.81. The van der Waals surface area contributed by atoms with E-state index in [1.54, 1.807) is 6.26 Å². The zero-order valence-corrected chi connectivity index (χ0v) is 14.6. The number of imide groups is 1. The van der Waals surface area contributed by atoms with Crippen LogP contribution in [0, 0.1) is 5.82 Å². The largest absolute Gasteiger partial charge is 0.388 e. The number of carbonyl (C=O) groups excluding carboxylic acids is 3. The fraction of sp³-hybridized carbons (Fsp3) is 0.412. The molecule has 1 atom stereocenters. The van der Waals surface area contributed by atoms with Crippen molar-refractivity contribution in [3.8, 4) is 0 Å². The normalized spacial score (nSPS) is 17.5. The molecule has 0 bridgehead atoms. The van der Waals surface area contributed by atoms with Gasteiger partial charge in [0, 0.05) is 19.4 Å². The van der Waals surface area contributed by atoms with Gasteiger partial charge in [-0.2, -0.15) is 11.8 Å². The zero-order valence-electron chi connectivity index (χ0n) is 13.8. The molecular weight excluding hydrogens is 347 g/mol. The Labute approximate surface area is 149 Å². The first-order valence-corrected chi connectivity index (χ1v) is 9.09. The number of thioether (sulfide) groups is 1. The molecule has 25 heavy (non-hydrogen) atoms. The Bertz CT molecular complexity index is 663. The minimum absolute atomic E-state index is 0.170. The molecule has 2 rings (SSSR count). The molecule has 1 aliphatic heterocycles. The van der Waals surface area contributed by atoms with Crippen LogP contribution in [0.4, 0.5) is 4.39 Å². The molecule has 1 fully saturated rings. The van der Waals surface area contributed by atoms with E-state index in [2.05, 4.69) is 5.16 Å². The van der Waals surface area contributed by atoms with E-state index in [1.165, 1.54) is 47.1 Å². The Balaban J connectivity index is 1.65. The predicted octanol–water partition coefficient (Wildman–Crippen LogP) is 2.02. The highest BCUT2D eigenvalue weighted by atomic mass is 32.2. The van der Waals surface area contributed by atoms with E-state index in [1.807, 2.05) is 0 Å². The van der Waals surface area contributed by atoms with Gasteiger partial charge in [0.05, 0.1) is 11.5 Å². The van der Waals surface area contributed by atoms with Gasteiger partial charge in [-0.25, -0.2) is 4.39 Å². The van der Waals surface area contributed by atoms with Crippen molar-refractivity contribution in [1.29, 1.82) is 0 Å². The molecular formula is C17H19FN2O4S. The number of halogens is 1. The Kier molecular flexibility index (Phi) is 7.12. The average Bonchev–Trinajstić information content (AvgIpc) is 2.87. The van der Waals surface area contributed by atoms with Crippen molar-refractivity contribution in [2.24, 2.45) is 5.16 Å². The fourth-order valence-corrected chi connectivity index (χ4v) is 2.97. The summed E-state index contributed by atoms with van der Waals surface area (Å²) in [6.45, 7) is 0.0618. The second-order valence-electron chi connectivity index (χ2n) is 5.51. The maximum atomic E-state index is 12.7. The number of ketones is 1. The third-order valence-corrected chi connectivity index (χ3v) is 4.63. The molecule has 1 saturated heterocycles. The number of carbonyl (C=O) groups is 3. The van der Waals surface area contributed by atoms with Gasteiger partial charge in [-0.3, -0.25) is 19.3 Å². The van der Waals surface area contributed by atoms with Gasteiger partial charge >= 0.3 is 0 Å². The summed E-state index contributed by atoms with van der Waals surface area (Å²) in [5.41, 5.74) is 0.656. The van der Waals surface area contributed by atoms with Crippen molar-refractivity contribution in [2.75, 3.05) is 19.4 Å². The number of hydrogen-bond acceptors (Lipinski definition) is 6. The van der Waals surface area contributed by atoms with E-state index in [0.29, 0.717) is 12.0 Å². The van der Waals surface area contributed by atoms with Crippen LogP contribution in [0.5, 0.6) is 0 Å². The Morgan fingerprint density at radius 1 is 1.40 bits per heavy atom. The highest BCUT2D eigenvalue weighted by Crippen LogP contribution is 2.23. The summed E-state index contributed by atoms with van der Waals surface area (Å²) in [5.74, 6) is -0.870. The summed E-state index contributed by atoms with van der Waals surface area (Å²) >= 11 is 1.36. The van der Waals surface area contributed by atoms with Crippen molar-refractivity contribution in [2.45, 2.75) is 24.5 Å². The van der Waals surface area contributed by atoms with Gasteiger partial charge in [-0.05, 0) is 30.4 Å². The number of amides is 2. The maximum Gasteiger partial charge on any atom is 0.242 e. The van der Waals surface area contributed by atoms with Crippen molar-refractivity contribution < 1.29 is 23.6 Å². The molecule has 0 radical (unpaired) electrons. The summed E-state index contributed by atoms with van der Waals surface area (Å²) in [5, 5.41) is 3.35. The van der Waals surface area contributed by atoms with Crippen molar-refractivity contribution in [3.63, 3.8) is 0 Å². The summed E-state index contributed by atoms with van der Waals surface area (Å²) in [7, 11) is 0. The predicted molar refractivity (Wildman–Crippen MR) is 92.8 cm³/mol. The van der Waals surface area contributed by atoms with E-state index in [0.717, 1.165) is 0 Å². The molecule has 0 saturated carbocycles. The number of Topliss-reactive ketones (excluding diaryl/α,β-unsaturated/α-hetero) is 1. The lowest BCUT2D eigenvalue weighted by molar-refractivity contribution is -0.138. The van der Waals surface area contributed by atoms with Crippen molar-refractivity contribution >= 4 is 35.6 Å². The molecule has 1 unspecified atom stereocenters. The number of nitrogens with zero attached hydrogens (tertiary/aromatic N) is 2. The Morgan fingerprint density at radius 3 is 2.76 bits per heavy atom. The molecule has 6 nitrogen and oxygen atoms in total. The molecule has 1 aliphatic rings. The first-order chi connectivity index (χ1) is 12.0. The average molecular weight is 366 g/mol. The van der Waals surface area contributed by atoms with Gasteiger partial charge in [0.1, 0.15) is 5.82 Å². The molecule has 134 valence electrons. The number of oxime groups is 1. The quantitative estimate of drug-likeness (QED) is 0.380. The van der Waals surface area contributed by atoms with Crippen LogP contribution in [0.3, 0.4) is 0 Å². The SMILES string of the molecule is CSC1CC(=O)N(CCCC(=O)CO/N=C/c2ccc(F)cc2)C1=O. The van der Waals surface area contributed by atoms with Crippen LogP contribution in [0.2, 0.25) is 0 Å². The maximum absolute atomic E-state index is 12.7. The van der Waals surface area contributed by atoms with Crippen molar-refractivity contribution in [1.82, 2.24) is 4.90 Å². The third kappa shape index (κ3) is 5.67.